The minimum absolute atomic E-state index is 0.0438. The van der Waals surface area contributed by atoms with Crippen LogP contribution in [0.2, 0.25) is 0 Å². The van der Waals surface area contributed by atoms with Gasteiger partial charge in [0, 0.05) is 0 Å². The van der Waals surface area contributed by atoms with E-state index < -0.39 is 17.8 Å². The van der Waals surface area contributed by atoms with Crippen molar-refractivity contribution in [1.29, 1.82) is 0 Å². The topological polar surface area (TPSA) is 73.2 Å². The molecule has 4 heteroatoms. The van der Waals surface area contributed by atoms with Gasteiger partial charge in [-0.2, -0.15) is 0 Å². The van der Waals surface area contributed by atoms with Gasteiger partial charge < -0.3 is 20.1 Å². The fourth-order valence-corrected chi connectivity index (χ4v) is 4.25. The molecule has 0 aromatic rings. The van der Waals surface area contributed by atoms with Crippen LogP contribution in [-0.4, -0.2) is 44.8 Å². The second-order valence-corrected chi connectivity index (χ2v) is 11.4. The Labute approximate surface area is 209 Å². The summed E-state index contributed by atoms with van der Waals surface area (Å²) in [6, 6.07) is 0. The van der Waals surface area contributed by atoms with E-state index in [0.29, 0.717) is 12.8 Å². The lowest BCUT2D eigenvalue weighted by atomic mass is 9.94. The Morgan fingerprint density at radius 3 is 1.91 bits per heavy atom. The van der Waals surface area contributed by atoms with E-state index in [0.717, 1.165) is 44.9 Å². The van der Waals surface area contributed by atoms with E-state index in [-0.39, 0.29) is 11.7 Å². The first-order chi connectivity index (χ1) is 15.7. The van der Waals surface area contributed by atoms with Crippen LogP contribution in [0.4, 0.5) is 0 Å². The number of hydrogen-bond acceptors (Lipinski definition) is 4. The fraction of sp³-hybridized carbons (Fsp3) is 0.733. The molecule has 0 bridgehead atoms. The van der Waals surface area contributed by atoms with Crippen molar-refractivity contribution in [3.05, 3.63) is 46.6 Å². The molecule has 196 valence electrons. The Hall–Kier alpha value is -1.20. The summed E-state index contributed by atoms with van der Waals surface area (Å²) in [6.07, 6.45) is 15.9. The standard InChI is InChI=1S/C30H52O4/c1-22(2)13-12-20-30(8)28(34-30)26(31)21-25(5)18-10-16-23(3)14-9-15-24(4)17-11-19-27(32)29(6,7)33/h13-14,17-18,26-28,31-33H,9-12,15-16,19-21H2,1-8H3/b23-14+,24-17+,25-18+/t26-,27?,28-,30-/m1/s1. The monoisotopic (exact) mass is 476 g/mol. The van der Waals surface area contributed by atoms with E-state index in [4.69, 9.17) is 4.74 Å². The van der Waals surface area contributed by atoms with Gasteiger partial charge in [-0.1, -0.05) is 46.6 Å². The fourth-order valence-electron chi connectivity index (χ4n) is 4.25. The highest BCUT2D eigenvalue weighted by Gasteiger charge is 2.54. The van der Waals surface area contributed by atoms with Crippen molar-refractivity contribution in [3.8, 4) is 0 Å². The first-order valence-corrected chi connectivity index (χ1v) is 13.1. The van der Waals surface area contributed by atoms with Gasteiger partial charge in [-0.05, 0) is 113 Å². The van der Waals surface area contributed by atoms with Gasteiger partial charge in [0.2, 0.25) is 0 Å². The summed E-state index contributed by atoms with van der Waals surface area (Å²) in [6.45, 7) is 16.1. The van der Waals surface area contributed by atoms with Gasteiger partial charge in [-0.3, -0.25) is 0 Å². The molecule has 1 rings (SSSR count). The third kappa shape index (κ3) is 12.5. The normalized spacial score (nSPS) is 23.6. The van der Waals surface area contributed by atoms with Gasteiger partial charge in [0.1, 0.15) is 6.10 Å². The van der Waals surface area contributed by atoms with Crippen molar-refractivity contribution in [3.63, 3.8) is 0 Å². The summed E-state index contributed by atoms with van der Waals surface area (Å²) in [4.78, 5) is 0. The van der Waals surface area contributed by atoms with Crippen LogP contribution in [0.25, 0.3) is 0 Å². The van der Waals surface area contributed by atoms with Crippen LogP contribution in [0.5, 0.6) is 0 Å². The Morgan fingerprint density at radius 2 is 1.38 bits per heavy atom. The van der Waals surface area contributed by atoms with Crippen LogP contribution >= 0.6 is 0 Å². The lowest BCUT2D eigenvalue weighted by Crippen LogP contribution is -2.35. The average Bonchev–Trinajstić information content (AvgIpc) is 3.38. The summed E-state index contributed by atoms with van der Waals surface area (Å²) < 4.78 is 5.86. The summed E-state index contributed by atoms with van der Waals surface area (Å²) >= 11 is 0. The van der Waals surface area contributed by atoms with Gasteiger partial charge in [0.05, 0.1) is 23.4 Å². The molecule has 0 aromatic heterocycles. The SMILES string of the molecule is CC(C)=CCC[C@@]1(C)O[C@@H]1[C@H](O)C/C(C)=C/CC/C(C)=C/CC/C(C)=C/CCC(O)C(C)(C)O. The van der Waals surface area contributed by atoms with Crippen LogP contribution in [0.15, 0.2) is 46.6 Å². The highest BCUT2D eigenvalue weighted by molar-refractivity contribution is 5.11. The third-order valence-electron chi connectivity index (χ3n) is 6.83. The summed E-state index contributed by atoms with van der Waals surface area (Å²) in [5.74, 6) is 0. The molecule has 1 unspecified atom stereocenters. The largest absolute Gasteiger partial charge is 0.390 e. The number of aliphatic hydroxyl groups excluding tert-OH is 2. The molecule has 4 atom stereocenters. The molecule has 0 radical (unpaired) electrons. The van der Waals surface area contributed by atoms with Gasteiger partial charge in [-0.15, -0.1) is 0 Å². The van der Waals surface area contributed by atoms with Crippen molar-refractivity contribution in [2.75, 3.05) is 0 Å². The van der Waals surface area contributed by atoms with Crippen LogP contribution in [0.1, 0.15) is 113 Å². The van der Waals surface area contributed by atoms with Crippen LogP contribution in [0.3, 0.4) is 0 Å². The number of allylic oxidation sites excluding steroid dienone is 7. The van der Waals surface area contributed by atoms with Crippen LogP contribution in [0, 0.1) is 0 Å². The Morgan fingerprint density at radius 1 is 0.853 bits per heavy atom. The van der Waals surface area contributed by atoms with Gasteiger partial charge in [-0.25, -0.2) is 0 Å². The van der Waals surface area contributed by atoms with Crippen LogP contribution < -0.4 is 0 Å². The lowest BCUT2D eigenvalue weighted by Gasteiger charge is -2.23. The second-order valence-electron chi connectivity index (χ2n) is 11.4. The van der Waals surface area contributed by atoms with Gasteiger partial charge in [0.15, 0.2) is 0 Å². The molecule has 1 fully saturated rings. The van der Waals surface area contributed by atoms with E-state index in [1.54, 1.807) is 13.8 Å². The van der Waals surface area contributed by atoms with Crippen molar-refractivity contribution in [1.82, 2.24) is 0 Å². The Balaban J connectivity index is 2.29. The highest BCUT2D eigenvalue weighted by Crippen LogP contribution is 2.43. The van der Waals surface area contributed by atoms with Gasteiger partial charge >= 0.3 is 0 Å². The van der Waals surface area contributed by atoms with Crippen molar-refractivity contribution < 1.29 is 20.1 Å². The molecule has 0 amide bonds. The highest BCUT2D eigenvalue weighted by atomic mass is 16.6. The zero-order chi connectivity index (χ0) is 25.9. The molecule has 1 aliphatic heterocycles. The molecular formula is C30H52O4. The smallest absolute Gasteiger partial charge is 0.113 e. The van der Waals surface area contributed by atoms with Crippen molar-refractivity contribution in [2.24, 2.45) is 0 Å². The average molecular weight is 477 g/mol. The molecule has 4 nitrogen and oxygen atoms in total. The second kappa shape index (κ2) is 14.4. The zero-order valence-electron chi connectivity index (χ0n) is 23.2. The van der Waals surface area contributed by atoms with Gasteiger partial charge in [0.25, 0.3) is 0 Å². The molecule has 34 heavy (non-hydrogen) atoms. The Bertz CT molecular complexity index is 733. The number of ether oxygens (including phenoxy) is 1. The van der Waals surface area contributed by atoms with E-state index in [1.165, 1.54) is 22.3 Å². The number of aliphatic hydroxyl groups is 3. The quantitative estimate of drug-likeness (QED) is 0.166. The van der Waals surface area contributed by atoms with Crippen LogP contribution in [-0.2, 0) is 4.74 Å². The molecular weight excluding hydrogens is 424 g/mol. The van der Waals surface area contributed by atoms with E-state index in [2.05, 4.69) is 65.8 Å². The first kappa shape index (κ1) is 30.8. The Kier molecular flexibility index (Phi) is 13.0. The molecule has 1 saturated heterocycles. The maximum Gasteiger partial charge on any atom is 0.113 e. The molecule has 0 spiro atoms. The molecule has 1 heterocycles. The maximum absolute atomic E-state index is 10.6. The minimum atomic E-state index is -1.04. The maximum atomic E-state index is 10.6. The zero-order valence-corrected chi connectivity index (χ0v) is 23.2. The van der Waals surface area contributed by atoms with Crippen molar-refractivity contribution >= 4 is 0 Å². The number of epoxide rings is 1. The summed E-state index contributed by atoms with van der Waals surface area (Å²) in [5.41, 5.74) is 4.07. The van der Waals surface area contributed by atoms with E-state index >= 15 is 0 Å². The molecule has 0 aromatic carbocycles. The predicted octanol–water partition coefficient (Wildman–Crippen LogP) is 6.95. The summed E-state index contributed by atoms with van der Waals surface area (Å²) in [5, 5.41) is 30.3. The third-order valence-corrected chi connectivity index (χ3v) is 6.83. The molecule has 0 aliphatic carbocycles. The molecule has 3 N–H and O–H groups in total. The predicted molar refractivity (Wildman–Crippen MR) is 144 cm³/mol. The summed E-state index contributed by atoms with van der Waals surface area (Å²) in [7, 11) is 0. The molecule has 1 aliphatic rings. The van der Waals surface area contributed by atoms with Crippen molar-refractivity contribution in [2.45, 2.75) is 143 Å². The minimum Gasteiger partial charge on any atom is -0.390 e. The number of rotatable bonds is 16. The van der Waals surface area contributed by atoms with E-state index in [9.17, 15) is 15.3 Å². The lowest BCUT2D eigenvalue weighted by molar-refractivity contribution is -0.0507. The van der Waals surface area contributed by atoms with E-state index in [1.807, 2.05) is 0 Å². The molecule has 0 saturated carbocycles. The first-order valence-electron chi connectivity index (χ1n) is 13.1. The number of hydrogen-bond donors (Lipinski definition) is 3.